The average Bonchev–Trinajstić information content (AvgIpc) is 2.14. The van der Waals surface area contributed by atoms with Gasteiger partial charge in [-0.3, -0.25) is 0 Å². The number of rotatable bonds is 5. The highest BCUT2D eigenvalue weighted by Gasteiger charge is 1.99. The van der Waals surface area contributed by atoms with Crippen LogP contribution >= 0.6 is 11.8 Å². The Kier molecular flexibility index (Phi) is 5.03. The van der Waals surface area contributed by atoms with E-state index in [1.165, 1.54) is 11.3 Å². The molecule has 0 bridgehead atoms. The lowest BCUT2D eigenvalue weighted by Gasteiger charge is -2.11. The predicted molar refractivity (Wildman–Crippen MR) is 71.6 cm³/mol. The van der Waals surface area contributed by atoms with E-state index in [0.29, 0.717) is 11.3 Å². The molecule has 1 rings (SSSR count). The van der Waals surface area contributed by atoms with Crippen molar-refractivity contribution < 1.29 is 0 Å². The molecule has 0 amide bonds. The molecule has 84 valence electrons. The molecule has 0 aromatic heterocycles. The van der Waals surface area contributed by atoms with Crippen molar-refractivity contribution in [1.29, 1.82) is 0 Å². The quantitative estimate of drug-likeness (QED) is 0.805. The summed E-state index contributed by atoms with van der Waals surface area (Å²) in [5, 5.41) is 4.12. The normalized spacial score (nSPS) is 11.1. The van der Waals surface area contributed by atoms with Crippen molar-refractivity contribution in [2.24, 2.45) is 0 Å². The number of nitrogens with one attached hydrogen (secondary N) is 1. The van der Waals surface area contributed by atoms with Crippen LogP contribution in [0.25, 0.3) is 0 Å². The number of hydrogen-bond acceptors (Lipinski definition) is 2. The zero-order valence-electron chi connectivity index (χ0n) is 10.1. The molecule has 0 saturated carbocycles. The van der Waals surface area contributed by atoms with E-state index in [9.17, 15) is 0 Å². The number of anilines is 1. The van der Waals surface area contributed by atoms with Gasteiger partial charge in [-0.1, -0.05) is 26.0 Å². The molecule has 0 heterocycles. The second kappa shape index (κ2) is 6.06. The maximum absolute atomic E-state index is 3.42. The molecule has 0 aliphatic heterocycles. The molecule has 1 aromatic rings. The van der Waals surface area contributed by atoms with Gasteiger partial charge in [-0.25, -0.2) is 0 Å². The molecule has 0 unspecified atom stereocenters. The van der Waals surface area contributed by atoms with Gasteiger partial charge >= 0.3 is 0 Å². The van der Waals surface area contributed by atoms with Crippen molar-refractivity contribution in [2.75, 3.05) is 5.32 Å². The van der Waals surface area contributed by atoms with Gasteiger partial charge in [-0.2, -0.15) is 11.8 Å². The van der Waals surface area contributed by atoms with Crippen LogP contribution in [-0.2, 0) is 5.75 Å². The largest absolute Gasteiger partial charge is 0.383 e. The van der Waals surface area contributed by atoms with Crippen molar-refractivity contribution >= 4 is 17.4 Å². The molecule has 0 atom stereocenters. The third-order valence-electron chi connectivity index (χ3n) is 1.97. The molecular formula is C13H21NS. The maximum Gasteiger partial charge on any atom is 0.0345 e. The van der Waals surface area contributed by atoms with Crippen LogP contribution in [0.4, 0.5) is 5.69 Å². The summed E-state index contributed by atoms with van der Waals surface area (Å²) in [6.45, 7) is 8.80. The van der Waals surface area contributed by atoms with E-state index in [0.717, 1.165) is 5.75 Å². The van der Waals surface area contributed by atoms with Crippen molar-refractivity contribution in [2.45, 2.75) is 44.7 Å². The van der Waals surface area contributed by atoms with E-state index >= 15 is 0 Å². The lowest BCUT2D eigenvalue weighted by atomic mass is 10.2. The Bertz CT molecular complexity index is 294. The second-order valence-corrected chi connectivity index (χ2v) is 5.92. The zero-order valence-corrected chi connectivity index (χ0v) is 10.9. The first-order chi connectivity index (χ1) is 7.08. The standard InChI is InChI=1S/C13H21NS/c1-10(2)14-13-7-5-6-12(8-13)9-15-11(3)4/h5-8,10-11,14H,9H2,1-4H3. The topological polar surface area (TPSA) is 12.0 Å². The Morgan fingerprint density at radius 2 is 1.93 bits per heavy atom. The predicted octanol–water partition coefficient (Wildman–Crippen LogP) is 4.15. The molecule has 1 aromatic carbocycles. The lowest BCUT2D eigenvalue weighted by Crippen LogP contribution is -2.09. The Morgan fingerprint density at radius 3 is 2.53 bits per heavy atom. The van der Waals surface area contributed by atoms with Gasteiger partial charge in [0.2, 0.25) is 0 Å². The van der Waals surface area contributed by atoms with Gasteiger partial charge in [0.25, 0.3) is 0 Å². The monoisotopic (exact) mass is 223 g/mol. The van der Waals surface area contributed by atoms with E-state index in [-0.39, 0.29) is 0 Å². The third kappa shape index (κ3) is 5.12. The number of hydrogen-bond donors (Lipinski definition) is 1. The fourth-order valence-corrected chi connectivity index (χ4v) is 2.05. The molecule has 0 spiro atoms. The zero-order chi connectivity index (χ0) is 11.3. The lowest BCUT2D eigenvalue weighted by molar-refractivity contribution is 0.899. The smallest absolute Gasteiger partial charge is 0.0345 e. The number of thioether (sulfide) groups is 1. The first-order valence-electron chi connectivity index (χ1n) is 5.55. The van der Waals surface area contributed by atoms with Crippen molar-refractivity contribution in [3.8, 4) is 0 Å². The summed E-state index contributed by atoms with van der Waals surface area (Å²) >= 11 is 1.98. The molecule has 0 saturated heterocycles. The maximum atomic E-state index is 3.42. The summed E-state index contributed by atoms with van der Waals surface area (Å²) < 4.78 is 0. The molecule has 1 N–H and O–H groups in total. The average molecular weight is 223 g/mol. The molecule has 0 aliphatic rings. The fraction of sp³-hybridized carbons (Fsp3) is 0.538. The summed E-state index contributed by atoms with van der Waals surface area (Å²) in [4.78, 5) is 0. The van der Waals surface area contributed by atoms with E-state index in [1.807, 2.05) is 11.8 Å². The Hall–Kier alpha value is -0.630. The van der Waals surface area contributed by atoms with Gasteiger partial charge in [0.1, 0.15) is 0 Å². The Morgan fingerprint density at radius 1 is 1.20 bits per heavy atom. The van der Waals surface area contributed by atoms with Gasteiger partial charge in [-0.15, -0.1) is 0 Å². The first-order valence-corrected chi connectivity index (χ1v) is 6.60. The van der Waals surface area contributed by atoms with Crippen LogP contribution in [0.5, 0.6) is 0 Å². The van der Waals surface area contributed by atoms with Crippen molar-refractivity contribution in [3.63, 3.8) is 0 Å². The highest BCUT2D eigenvalue weighted by Crippen LogP contribution is 2.19. The van der Waals surface area contributed by atoms with Gasteiger partial charge in [0, 0.05) is 17.5 Å². The molecule has 0 aliphatic carbocycles. The van der Waals surface area contributed by atoms with E-state index < -0.39 is 0 Å². The Balaban J connectivity index is 2.57. The Labute approximate surface area is 97.7 Å². The van der Waals surface area contributed by atoms with Gasteiger partial charge < -0.3 is 5.32 Å². The van der Waals surface area contributed by atoms with Crippen LogP contribution in [-0.4, -0.2) is 11.3 Å². The molecule has 2 heteroatoms. The van der Waals surface area contributed by atoms with Gasteiger partial charge in [0.05, 0.1) is 0 Å². The van der Waals surface area contributed by atoms with Gasteiger partial charge in [0.15, 0.2) is 0 Å². The minimum Gasteiger partial charge on any atom is -0.383 e. The first kappa shape index (κ1) is 12.4. The second-order valence-electron chi connectivity index (χ2n) is 4.36. The number of benzene rings is 1. The summed E-state index contributed by atoms with van der Waals surface area (Å²) in [6, 6.07) is 9.19. The van der Waals surface area contributed by atoms with Gasteiger partial charge in [-0.05, 0) is 36.8 Å². The van der Waals surface area contributed by atoms with Crippen LogP contribution < -0.4 is 5.32 Å². The molecule has 1 nitrogen and oxygen atoms in total. The summed E-state index contributed by atoms with van der Waals surface area (Å²) in [5.74, 6) is 1.10. The highest BCUT2D eigenvalue weighted by atomic mass is 32.2. The van der Waals surface area contributed by atoms with Crippen molar-refractivity contribution in [1.82, 2.24) is 0 Å². The molecule has 0 radical (unpaired) electrons. The molecular weight excluding hydrogens is 202 g/mol. The summed E-state index contributed by atoms with van der Waals surface area (Å²) in [6.07, 6.45) is 0. The van der Waals surface area contributed by atoms with E-state index in [2.05, 4.69) is 57.3 Å². The third-order valence-corrected chi connectivity index (χ3v) is 3.13. The van der Waals surface area contributed by atoms with E-state index in [4.69, 9.17) is 0 Å². The van der Waals surface area contributed by atoms with E-state index in [1.54, 1.807) is 0 Å². The SMILES string of the molecule is CC(C)Nc1cccc(CSC(C)C)c1. The van der Waals surface area contributed by atoms with Crippen molar-refractivity contribution in [3.05, 3.63) is 29.8 Å². The van der Waals surface area contributed by atoms with Crippen LogP contribution in [0.1, 0.15) is 33.3 Å². The fourth-order valence-electron chi connectivity index (χ4n) is 1.35. The minimum atomic E-state index is 0.498. The molecule has 15 heavy (non-hydrogen) atoms. The van der Waals surface area contributed by atoms with Crippen LogP contribution in [0, 0.1) is 0 Å². The molecule has 0 fully saturated rings. The highest BCUT2D eigenvalue weighted by molar-refractivity contribution is 7.99. The van der Waals surface area contributed by atoms with Crippen LogP contribution in [0.3, 0.4) is 0 Å². The summed E-state index contributed by atoms with van der Waals surface area (Å²) in [5.41, 5.74) is 2.63. The van der Waals surface area contributed by atoms with Crippen LogP contribution in [0.2, 0.25) is 0 Å². The summed E-state index contributed by atoms with van der Waals surface area (Å²) in [7, 11) is 0. The van der Waals surface area contributed by atoms with Crippen LogP contribution in [0.15, 0.2) is 24.3 Å². The minimum absolute atomic E-state index is 0.498.